The Morgan fingerprint density at radius 1 is 1.13 bits per heavy atom. The molecule has 0 atom stereocenters. The molecule has 0 aliphatic heterocycles. The van der Waals surface area contributed by atoms with Crippen LogP contribution >= 0.6 is 0 Å². The average Bonchev–Trinajstić information content (AvgIpc) is 3.35. The first-order valence-corrected chi connectivity index (χ1v) is 10.3. The summed E-state index contributed by atoms with van der Waals surface area (Å²) in [6, 6.07) is 9.53. The van der Waals surface area contributed by atoms with Crippen molar-refractivity contribution in [1.29, 1.82) is 0 Å². The number of alkyl halides is 2. The minimum absolute atomic E-state index is 0.0443. The van der Waals surface area contributed by atoms with Crippen LogP contribution in [-0.2, 0) is 13.6 Å². The van der Waals surface area contributed by atoms with E-state index in [1.54, 1.807) is 17.1 Å². The Labute approximate surface area is 177 Å². The van der Waals surface area contributed by atoms with Gasteiger partial charge in [-0.2, -0.15) is 5.10 Å². The number of nitrogens with one attached hydrogen (secondary N) is 1. The quantitative estimate of drug-likeness (QED) is 0.517. The molecule has 3 heterocycles. The Bertz CT molecular complexity index is 1210. The summed E-state index contributed by atoms with van der Waals surface area (Å²) in [5, 5.41) is 15.8. The molecule has 0 amide bonds. The predicted octanol–water partition coefficient (Wildman–Crippen LogP) is 4.19. The molecule has 1 aliphatic carbocycles. The van der Waals surface area contributed by atoms with Gasteiger partial charge in [0.2, 0.25) is 11.9 Å². The normalized spacial score (nSPS) is 16.6. The van der Waals surface area contributed by atoms with Crippen molar-refractivity contribution in [3.63, 3.8) is 0 Å². The highest BCUT2D eigenvalue weighted by molar-refractivity contribution is 5.80. The molecule has 0 unspecified atom stereocenters. The number of fused-ring (bicyclic) bond motifs is 1. The number of halogens is 2. The van der Waals surface area contributed by atoms with Crippen molar-refractivity contribution in [2.45, 2.75) is 38.2 Å². The van der Waals surface area contributed by atoms with E-state index in [4.69, 9.17) is 0 Å². The summed E-state index contributed by atoms with van der Waals surface area (Å²) in [5.74, 6) is -1.06. The van der Waals surface area contributed by atoms with E-state index in [0.717, 1.165) is 28.1 Å². The fourth-order valence-electron chi connectivity index (χ4n) is 3.98. The Morgan fingerprint density at radius 3 is 2.74 bits per heavy atom. The second-order valence-electron chi connectivity index (χ2n) is 8.00. The van der Waals surface area contributed by atoms with E-state index in [0.29, 0.717) is 25.3 Å². The average molecular weight is 424 g/mol. The first-order valence-electron chi connectivity index (χ1n) is 10.3. The Hall–Kier alpha value is -3.43. The van der Waals surface area contributed by atoms with Crippen LogP contribution in [-0.4, -0.2) is 40.7 Å². The van der Waals surface area contributed by atoms with Gasteiger partial charge in [-0.05, 0) is 37.0 Å². The van der Waals surface area contributed by atoms with Crippen LogP contribution in [0.15, 0.2) is 42.7 Å². The van der Waals surface area contributed by atoms with Crippen LogP contribution in [0.3, 0.4) is 0 Å². The Kier molecular flexibility index (Phi) is 4.84. The van der Waals surface area contributed by atoms with Gasteiger partial charge in [0.15, 0.2) is 0 Å². The Balaban J connectivity index is 1.35. The molecule has 0 saturated heterocycles. The summed E-state index contributed by atoms with van der Waals surface area (Å²) in [7, 11) is 1.84. The van der Waals surface area contributed by atoms with Crippen molar-refractivity contribution >= 4 is 22.8 Å². The fourth-order valence-corrected chi connectivity index (χ4v) is 3.98. The van der Waals surface area contributed by atoms with Gasteiger partial charge in [0.05, 0.1) is 17.4 Å². The standard InChI is InChI=1S/C21H22F2N8/c1-30-19(7-11-25-30)27-20-24-10-6-16(26-20)15-2-3-18-17(12-15)28-29-31(18)13-14-4-8-21(22,23)9-5-14/h2-3,6-7,10-12,14H,4-5,8-9,13H2,1H3,(H,24,26,27). The fraction of sp³-hybridized carbons (Fsp3) is 0.381. The highest BCUT2D eigenvalue weighted by Crippen LogP contribution is 2.37. The van der Waals surface area contributed by atoms with Gasteiger partial charge in [-0.1, -0.05) is 11.3 Å². The highest BCUT2D eigenvalue weighted by atomic mass is 19.3. The van der Waals surface area contributed by atoms with Gasteiger partial charge in [-0.15, -0.1) is 5.10 Å². The molecule has 1 aromatic carbocycles. The SMILES string of the molecule is Cn1nccc1Nc1nccc(-c2ccc3c(c2)nnn3CC2CCC(F)(F)CC2)n1. The van der Waals surface area contributed by atoms with Crippen LogP contribution in [0.1, 0.15) is 25.7 Å². The van der Waals surface area contributed by atoms with Crippen LogP contribution in [0, 0.1) is 5.92 Å². The monoisotopic (exact) mass is 424 g/mol. The molecule has 10 heteroatoms. The van der Waals surface area contributed by atoms with Gasteiger partial charge in [-0.25, -0.2) is 23.4 Å². The van der Waals surface area contributed by atoms with Crippen molar-refractivity contribution in [2.24, 2.45) is 13.0 Å². The lowest BCUT2D eigenvalue weighted by Crippen LogP contribution is -2.27. The molecular formula is C21H22F2N8. The van der Waals surface area contributed by atoms with E-state index < -0.39 is 5.92 Å². The summed E-state index contributed by atoms with van der Waals surface area (Å²) in [6.45, 7) is 0.609. The molecule has 1 saturated carbocycles. The maximum absolute atomic E-state index is 13.4. The lowest BCUT2D eigenvalue weighted by atomic mass is 9.87. The van der Waals surface area contributed by atoms with Crippen LogP contribution in [0.2, 0.25) is 0 Å². The van der Waals surface area contributed by atoms with Crippen LogP contribution in [0.4, 0.5) is 20.5 Å². The van der Waals surface area contributed by atoms with Gasteiger partial charge < -0.3 is 5.32 Å². The molecular weight excluding hydrogens is 402 g/mol. The molecule has 0 bridgehead atoms. The molecule has 1 aliphatic rings. The van der Waals surface area contributed by atoms with Crippen LogP contribution < -0.4 is 5.32 Å². The number of rotatable bonds is 5. The molecule has 31 heavy (non-hydrogen) atoms. The summed E-state index contributed by atoms with van der Waals surface area (Å²) in [5.41, 5.74) is 3.29. The Morgan fingerprint density at radius 2 is 1.97 bits per heavy atom. The predicted molar refractivity (Wildman–Crippen MR) is 112 cm³/mol. The van der Waals surface area contributed by atoms with Crippen molar-refractivity contribution in [3.05, 3.63) is 42.7 Å². The molecule has 5 rings (SSSR count). The number of nitrogens with zero attached hydrogens (tertiary/aromatic N) is 7. The number of aryl methyl sites for hydroxylation is 1. The third-order valence-electron chi connectivity index (χ3n) is 5.79. The lowest BCUT2D eigenvalue weighted by Gasteiger charge is -2.28. The van der Waals surface area contributed by atoms with Gasteiger partial charge >= 0.3 is 0 Å². The van der Waals surface area contributed by atoms with Gasteiger partial charge in [0.25, 0.3) is 0 Å². The van der Waals surface area contributed by atoms with Crippen molar-refractivity contribution in [2.75, 3.05) is 5.32 Å². The molecule has 0 spiro atoms. The number of aromatic nitrogens is 7. The topological polar surface area (TPSA) is 86.3 Å². The van der Waals surface area contributed by atoms with Crippen LogP contribution in [0.5, 0.6) is 0 Å². The lowest BCUT2D eigenvalue weighted by molar-refractivity contribution is -0.0475. The summed E-state index contributed by atoms with van der Waals surface area (Å²) in [4.78, 5) is 8.86. The summed E-state index contributed by atoms with van der Waals surface area (Å²) in [6.07, 6.45) is 4.33. The molecule has 4 aromatic rings. The van der Waals surface area contributed by atoms with E-state index in [1.165, 1.54) is 0 Å². The number of anilines is 2. The maximum atomic E-state index is 13.4. The van der Waals surface area contributed by atoms with Gasteiger partial charge in [-0.3, -0.25) is 4.68 Å². The summed E-state index contributed by atoms with van der Waals surface area (Å²) >= 11 is 0. The third kappa shape index (κ3) is 4.10. The number of hydrogen-bond acceptors (Lipinski definition) is 6. The smallest absolute Gasteiger partial charge is 0.248 e. The van der Waals surface area contributed by atoms with Crippen molar-refractivity contribution < 1.29 is 8.78 Å². The van der Waals surface area contributed by atoms with E-state index in [2.05, 4.69) is 30.7 Å². The van der Waals surface area contributed by atoms with Crippen LogP contribution in [0.25, 0.3) is 22.3 Å². The van der Waals surface area contributed by atoms with E-state index in [1.807, 2.05) is 42.1 Å². The van der Waals surface area contributed by atoms with Gasteiger partial charge in [0, 0.05) is 44.3 Å². The highest BCUT2D eigenvalue weighted by Gasteiger charge is 2.35. The minimum atomic E-state index is -2.52. The molecule has 1 fully saturated rings. The maximum Gasteiger partial charge on any atom is 0.248 e. The molecule has 8 nitrogen and oxygen atoms in total. The first-order chi connectivity index (χ1) is 15.0. The molecule has 160 valence electrons. The zero-order chi connectivity index (χ0) is 21.4. The zero-order valence-electron chi connectivity index (χ0n) is 17.0. The van der Waals surface area contributed by atoms with Gasteiger partial charge in [0.1, 0.15) is 11.3 Å². The number of hydrogen-bond donors (Lipinski definition) is 1. The molecule has 3 aromatic heterocycles. The largest absolute Gasteiger partial charge is 0.309 e. The second-order valence-corrected chi connectivity index (χ2v) is 8.00. The number of benzene rings is 1. The minimum Gasteiger partial charge on any atom is -0.309 e. The summed E-state index contributed by atoms with van der Waals surface area (Å²) < 4.78 is 30.4. The van der Waals surface area contributed by atoms with Crippen molar-refractivity contribution in [3.8, 4) is 11.3 Å². The van der Waals surface area contributed by atoms with E-state index >= 15 is 0 Å². The third-order valence-corrected chi connectivity index (χ3v) is 5.79. The molecule has 1 N–H and O–H groups in total. The second kappa shape index (κ2) is 7.68. The van der Waals surface area contributed by atoms with Crippen molar-refractivity contribution in [1.82, 2.24) is 34.7 Å². The first kappa shape index (κ1) is 19.5. The van der Waals surface area contributed by atoms with E-state index in [9.17, 15) is 8.78 Å². The van der Waals surface area contributed by atoms with E-state index in [-0.39, 0.29) is 18.8 Å². The molecule has 0 radical (unpaired) electrons. The zero-order valence-corrected chi connectivity index (χ0v) is 17.0.